The van der Waals surface area contributed by atoms with Crippen LogP contribution in [0.25, 0.3) is 10.2 Å². The quantitative estimate of drug-likeness (QED) is 0.673. The van der Waals surface area contributed by atoms with Gasteiger partial charge in [0.15, 0.2) is 0 Å². The molecule has 0 saturated heterocycles. The van der Waals surface area contributed by atoms with E-state index in [0.717, 1.165) is 34.3 Å². The lowest BCUT2D eigenvalue weighted by Gasteiger charge is -2.10. The number of carbonyl (C=O) groups excluding carboxylic acids is 1. The summed E-state index contributed by atoms with van der Waals surface area (Å²) in [6.45, 7) is 2.38. The summed E-state index contributed by atoms with van der Waals surface area (Å²) in [7, 11) is 0. The average Bonchev–Trinajstić information content (AvgIpc) is 3.19. The Morgan fingerprint density at radius 3 is 3.08 bits per heavy atom. The van der Waals surface area contributed by atoms with Crippen LogP contribution in [-0.2, 0) is 12.8 Å². The topological polar surface area (TPSA) is 76.1 Å². The number of aryl methyl sites for hydroxylation is 2. The van der Waals surface area contributed by atoms with Crippen molar-refractivity contribution in [1.82, 2.24) is 9.66 Å². The van der Waals surface area contributed by atoms with E-state index in [1.165, 1.54) is 4.88 Å². The molecule has 2 heterocycles. The van der Waals surface area contributed by atoms with Gasteiger partial charge >= 0.3 is 0 Å². The van der Waals surface area contributed by atoms with Gasteiger partial charge in [0.1, 0.15) is 10.6 Å². The molecule has 0 fully saturated rings. The molecule has 0 spiro atoms. The van der Waals surface area contributed by atoms with Crippen LogP contribution in [0.4, 0.5) is 0 Å². The van der Waals surface area contributed by atoms with E-state index in [2.05, 4.69) is 10.4 Å². The molecule has 0 bridgehead atoms. The summed E-state index contributed by atoms with van der Waals surface area (Å²) >= 11 is 6.87. The minimum Gasteiger partial charge on any atom is -0.494 e. The highest BCUT2D eigenvalue weighted by molar-refractivity contribution is 7.71. The molecule has 0 atom stereocenters. The number of carbonyl (C=O) groups is 1. The molecule has 4 rings (SSSR count). The van der Waals surface area contributed by atoms with Crippen LogP contribution in [0.15, 0.2) is 29.1 Å². The highest BCUT2D eigenvalue weighted by Gasteiger charge is 2.22. The minimum atomic E-state index is -0.417. The standard InChI is InChI=1S/C18H17N3O3S2/c1-2-24-11-6-3-5-10(9-11)15(22)20-21-17(23)14-12-7-4-8-13(12)26-16(14)19-18(21)25/h3,5-6,9H,2,4,7-8H2,1H3,(H,19,25)(H,20,22). The summed E-state index contributed by atoms with van der Waals surface area (Å²) in [5, 5.41) is 0.638. The van der Waals surface area contributed by atoms with Gasteiger partial charge in [-0.15, -0.1) is 11.3 Å². The largest absolute Gasteiger partial charge is 0.494 e. The number of benzene rings is 1. The maximum atomic E-state index is 12.9. The number of thiophene rings is 1. The van der Waals surface area contributed by atoms with Gasteiger partial charge in [-0.2, -0.15) is 4.68 Å². The number of nitrogens with zero attached hydrogens (tertiary/aromatic N) is 1. The Balaban J connectivity index is 1.73. The molecule has 0 aliphatic heterocycles. The number of ether oxygens (including phenoxy) is 1. The van der Waals surface area contributed by atoms with Gasteiger partial charge in [0, 0.05) is 10.4 Å². The van der Waals surface area contributed by atoms with E-state index in [9.17, 15) is 9.59 Å². The Hall–Kier alpha value is -2.45. The van der Waals surface area contributed by atoms with Crippen molar-refractivity contribution in [3.8, 4) is 5.75 Å². The summed E-state index contributed by atoms with van der Waals surface area (Å²) in [5.74, 6) is 0.183. The van der Waals surface area contributed by atoms with E-state index in [1.807, 2.05) is 6.92 Å². The van der Waals surface area contributed by atoms with Gasteiger partial charge < -0.3 is 9.72 Å². The van der Waals surface area contributed by atoms with Crippen molar-refractivity contribution in [3.05, 3.63) is 55.4 Å². The number of hydrogen-bond acceptors (Lipinski definition) is 5. The molecule has 3 aromatic rings. The van der Waals surface area contributed by atoms with E-state index < -0.39 is 5.91 Å². The Morgan fingerprint density at radius 2 is 2.27 bits per heavy atom. The smallest absolute Gasteiger partial charge is 0.282 e. The van der Waals surface area contributed by atoms with Gasteiger partial charge in [-0.05, 0) is 62.2 Å². The van der Waals surface area contributed by atoms with E-state index in [4.69, 9.17) is 17.0 Å². The van der Waals surface area contributed by atoms with E-state index >= 15 is 0 Å². The predicted octanol–water partition coefficient (Wildman–Crippen LogP) is 3.39. The lowest BCUT2D eigenvalue weighted by molar-refractivity contribution is 0.101. The van der Waals surface area contributed by atoms with Crippen molar-refractivity contribution < 1.29 is 9.53 Å². The summed E-state index contributed by atoms with van der Waals surface area (Å²) in [6.07, 6.45) is 2.94. The maximum absolute atomic E-state index is 12.9. The SMILES string of the molecule is CCOc1cccc(C(=O)Nn2c(=S)[nH]c3sc4c(c3c2=O)CCC4)c1. The molecule has 2 N–H and O–H groups in total. The van der Waals surface area contributed by atoms with Crippen molar-refractivity contribution in [1.29, 1.82) is 0 Å². The summed E-state index contributed by atoms with van der Waals surface area (Å²) in [6, 6.07) is 6.81. The highest BCUT2D eigenvalue weighted by atomic mass is 32.1. The lowest BCUT2D eigenvalue weighted by atomic mass is 10.2. The maximum Gasteiger partial charge on any atom is 0.282 e. The Kier molecular flexibility index (Phi) is 4.37. The summed E-state index contributed by atoms with van der Waals surface area (Å²) < 4.78 is 6.72. The molecular formula is C18H17N3O3S2. The van der Waals surface area contributed by atoms with Crippen LogP contribution in [0.1, 0.15) is 34.1 Å². The summed E-state index contributed by atoms with van der Waals surface area (Å²) in [4.78, 5) is 30.6. The minimum absolute atomic E-state index is 0.178. The zero-order valence-corrected chi connectivity index (χ0v) is 15.8. The molecule has 1 amide bonds. The van der Waals surface area contributed by atoms with E-state index in [0.29, 0.717) is 23.3 Å². The van der Waals surface area contributed by atoms with Crippen LogP contribution in [0.3, 0.4) is 0 Å². The first-order valence-corrected chi connectivity index (χ1v) is 9.64. The van der Waals surface area contributed by atoms with Crippen LogP contribution in [0, 0.1) is 4.77 Å². The first-order chi connectivity index (χ1) is 12.6. The van der Waals surface area contributed by atoms with Gasteiger partial charge in [-0.25, -0.2) is 0 Å². The normalized spacial score (nSPS) is 13.0. The van der Waals surface area contributed by atoms with Crippen LogP contribution >= 0.6 is 23.6 Å². The number of fused-ring (bicyclic) bond motifs is 3. The number of rotatable bonds is 4. The fourth-order valence-corrected chi connectivity index (χ4v) is 4.81. The predicted molar refractivity (Wildman–Crippen MR) is 105 cm³/mol. The summed E-state index contributed by atoms with van der Waals surface area (Å²) in [5.41, 5.74) is 3.82. The third-order valence-electron chi connectivity index (χ3n) is 4.38. The van der Waals surface area contributed by atoms with Crippen LogP contribution in [-0.4, -0.2) is 22.2 Å². The van der Waals surface area contributed by atoms with Gasteiger partial charge in [0.25, 0.3) is 11.5 Å². The number of aromatic nitrogens is 2. The fraction of sp³-hybridized carbons (Fsp3) is 0.278. The number of aromatic amines is 1. The monoisotopic (exact) mass is 387 g/mol. The molecule has 1 aliphatic carbocycles. The number of H-pyrrole nitrogens is 1. The van der Waals surface area contributed by atoms with Gasteiger partial charge in [0.05, 0.1) is 12.0 Å². The molecular weight excluding hydrogens is 370 g/mol. The zero-order valence-electron chi connectivity index (χ0n) is 14.1. The molecule has 6 nitrogen and oxygen atoms in total. The molecule has 1 aliphatic rings. The van der Waals surface area contributed by atoms with Crippen LogP contribution in [0.2, 0.25) is 0 Å². The fourth-order valence-electron chi connectivity index (χ4n) is 3.24. The van der Waals surface area contributed by atoms with Crippen molar-refractivity contribution in [2.24, 2.45) is 0 Å². The van der Waals surface area contributed by atoms with Crippen LogP contribution < -0.4 is 15.7 Å². The third kappa shape index (κ3) is 2.85. The third-order valence-corrected chi connectivity index (χ3v) is 5.87. The molecule has 26 heavy (non-hydrogen) atoms. The highest BCUT2D eigenvalue weighted by Crippen LogP contribution is 2.34. The molecule has 1 aromatic carbocycles. The van der Waals surface area contributed by atoms with Crippen molar-refractivity contribution >= 4 is 39.7 Å². The zero-order chi connectivity index (χ0) is 18.3. The molecule has 8 heteroatoms. The van der Waals surface area contributed by atoms with Gasteiger partial charge in [-0.1, -0.05) is 6.07 Å². The molecule has 2 aromatic heterocycles. The number of nitrogens with one attached hydrogen (secondary N) is 2. The van der Waals surface area contributed by atoms with Crippen molar-refractivity contribution in [3.63, 3.8) is 0 Å². The second kappa shape index (κ2) is 6.69. The van der Waals surface area contributed by atoms with Crippen LogP contribution in [0.5, 0.6) is 5.75 Å². The van der Waals surface area contributed by atoms with E-state index in [1.54, 1.807) is 35.6 Å². The Labute approximate surface area is 158 Å². The Morgan fingerprint density at radius 1 is 1.42 bits per heavy atom. The molecule has 0 radical (unpaired) electrons. The number of hydrogen-bond donors (Lipinski definition) is 2. The average molecular weight is 387 g/mol. The Bertz CT molecular complexity index is 1130. The lowest BCUT2D eigenvalue weighted by Crippen LogP contribution is -2.34. The van der Waals surface area contributed by atoms with Gasteiger partial charge in [0.2, 0.25) is 4.77 Å². The molecule has 0 saturated carbocycles. The van der Waals surface area contributed by atoms with E-state index in [-0.39, 0.29) is 10.3 Å². The molecule has 134 valence electrons. The second-order valence-corrected chi connectivity index (χ2v) is 7.53. The second-order valence-electron chi connectivity index (χ2n) is 6.03. The van der Waals surface area contributed by atoms with Gasteiger partial charge in [-0.3, -0.25) is 15.0 Å². The first-order valence-electron chi connectivity index (χ1n) is 8.42. The first kappa shape index (κ1) is 17.0. The number of amides is 1. The molecule has 0 unspecified atom stereocenters. The van der Waals surface area contributed by atoms with Crippen molar-refractivity contribution in [2.45, 2.75) is 26.2 Å². The van der Waals surface area contributed by atoms with Crippen molar-refractivity contribution in [2.75, 3.05) is 12.0 Å².